The molecule has 0 fully saturated rings. The molecule has 0 aliphatic rings. The van der Waals surface area contributed by atoms with E-state index < -0.39 is 0 Å². The number of thiazole rings is 1. The maximum Gasteiger partial charge on any atom is 0.183 e. The molecule has 0 aromatic carbocycles. The van der Waals surface area contributed by atoms with Gasteiger partial charge in [-0.3, -0.25) is 0 Å². The van der Waals surface area contributed by atoms with E-state index in [2.05, 4.69) is 24.1 Å². The molecule has 1 rings (SSSR count). The Balaban J connectivity index is 2.43. The molecule has 1 unspecified atom stereocenters. The molecule has 14 heavy (non-hydrogen) atoms. The number of nitrogens with one attached hydrogen (secondary N) is 1. The van der Waals surface area contributed by atoms with E-state index in [0.29, 0.717) is 6.04 Å². The Kier molecular flexibility index (Phi) is 4.69. The number of rotatable bonds is 5. The van der Waals surface area contributed by atoms with Gasteiger partial charge in [-0.15, -0.1) is 22.9 Å². The van der Waals surface area contributed by atoms with Crippen LogP contribution in [0.25, 0.3) is 0 Å². The third kappa shape index (κ3) is 3.46. The van der Waals surface area contributed by atoms with Crippen LogP contribution in [0.2, 0.25) is 0 Å². The second-order valence-electron chi connectivity index (χ2n) is 3.54. The van der Waals surface area contributed by atoms with Crippen molar-refractivity contribution in [2.45, 2.75) is 39.7 Å². The van der Waals surface area contributed by atoms with Gasteiger partial charge < -0.3 is 5.32 Å². The van der Waals surface area contributed by atoms with Crippen LogP contribution in [0.3, 0.4) is 0 Å². The zero-order chi connectivity index (χ0) is 10.6. The summed E-state index contributed by atoms with van der Waals surface area (Å²) in [6, 6.07) is 0.457. The molecule has 0 saturated carbocycles. The average molecular weight is 233 g/mol. The molecule has 80 valence electrons. The molecular formula is C10H17ClN2S. The molecular weight excluding hydrogens is 216 g/mol. The Morgan fingerprint density at radius 1 is 1.50 bits per heavy atom. The van der Waals surface area contributed by atoms with Crippen LogP contribution in [0.15, 0.2) is 0 Å². The van der Waals surface area contributed by atoms with Crippen molar-refractivity contribution in [2.75, 3.05) is 11.2 Å². The van der Waals surface area contributed by atoms with Crippen LogP contribution in [0.5, 0.6) is 0 Å². The normalized spacial score (nSPS) is 12.9. The van der Waals surface area contributed by atoms with Crippen molar-refractivity contribution in [1.29, 1.82) is 0 Å². The molecule has 4 heteroatoms. The fourth-order valence-electron chi connectivity index (χ4n) is 1.20. The molecule has 1 atom stereocenters. The smallest absolute Gasteiger partial charge is 0.183 e. The lowest BCUT2D eigenvalue weighted by atomic mass is 10.2. The summed E-state index contributed by atoms with van der Waals surface area (Å²) in [6.45, 7) is 6.31. The van der Waals surface area contributed by atoms with E-state index in [0.717, 1.165) is 29.5 Å². The molecule has 1 N–H and O–H groups in total. The minimum Gasteiger partial charge on any atom is -0.359 e. The Morgan fingerprint density at radius 3 is 2.71 bits per heavy atom. The summed E-state index contributed by atoms with van der Waals surface area (Å²) in [6.07, 6.45) is 2.15. The van der Waals surface area contributed by atoms with Crippen LogP contribution in [0.4, 0.5) is 5.13 Å². The fraction of sp³-hybridized carbons (Fsp3) is 0.700. The van der Waals surface area contributed by atoms with E-state index >= 15 is 0 Å². The standard InChI is InChI=1S/C10H17ClN2S/c1-7(5-4-6-11)12-10-13-8(2)9(3)14-10/h7H,4-6H2,1-3H3,(H,12,13). The van der Waals surface area contributed by atoms with E-state index in [1.165, 1.54) is 4.88 Å². The van der Waals surface area contributed by atoms with Crippen LogP contribution in [0, 0.1) is 13.8 Å². The van der Waals surface area contributed by atoms with Crippen LogP contribution < -0.4 is 5.32 Å². The van der Waals surface area contributed by atoms with Crippen molar-refractivity contribution in [3.05, 3.63) is 10.6 Å². The lowest BCUT2D eigenvalue weighted by molar-refractivity contribution is 0.692. The van der Waals surface area contributed by atoms with Gasteiger partial charge in [-0.25, -0.2) is 4.98 Å². The van der Waals surface area contributed by atoms with Gasteiger partial charge in [-0.1, -0.05) is 0 Å². The third-order valence-electron chi connectivity index (χ3n) is 2.17. The number of aromatic nitrogens is 1. The largest absolute Gasteiger partial charge is 0.359 e. The van der Waals surface area contributed by atoms with Crippen LogP contribution in [0.1, 0.15) is 30.3 Å². The highest BCUT2D eigenvalue weighted by Gasteiger charge is 2.06. The first kappa shape index (κ1) is 11.8. The van der Waals surface area contributed by atoms with Gasteiger partial charge in [-0.05, 0) is 33.6 Å². The number of hydrogen-bond acceptors (Lipinski definition) is 3. The lowest BCUT2D eigenvalue weighted by Gasteiger charge is -2.11. The Morgan fingerprint density at radius 2 is 2.21 bits per heavy atom. The van der Waals surface area contributed by atoms with Crippen molar-refractivity contribution in [1.82, 2.24) is 4.98 Å². The SMILES string of the molecule is Cc1nc(NC(C)CCCCl)sc1C. The van der Waals surface area contributed by atoms with E-state index in [1.54, 1.807) is 11.3 Å². The second kappa shape index (κ2) is 5.56. The summed E-state index contributed by atoms with van der Waals surface area (Å²) >= 11 is 7.36. The van der Waals surface area contributed by atoms with Crippen molar-refractivity contribution >= 4 is 28.1 Å². The van der Waals surface area contributed by atoms with Gasteiger partial charge in [0.2, 0.25) is 0 Å². The first-order valence-electron chi connectivity index (χ1n) is 4.90. The summed E-state index contributed by atoms with van der Waals surface area (Å²) in [4.78, 5) is 5.72. The summed E-state index contributed by atoms with van der Waals surface area (Å²) in [5.74, 6) is 0.738. The van der Waals surface area contributed by atoms with E-state index in [-0.39, 0.29) is 0 Å². The highest BCUT2D eigenvalue weighted by atomic mass is 35.5. The molecule has 2 nitrogen and oxygen atoms in total. The Hall–Kier alpha value is -0.280. The zero-order valence-corrected chi connectivity index (χ0v) is 10.5. The van der Waals surface area contributed by atoms with Gasteiger partial charge in [0.1, 0.15) is 0 Å². The molecule has 1 heterocycles. The maximum absolute atomic E-state index is 5.64. The predicted octanol–water partition coefficient (Wildman–Crippen LogP) is 3.58. The van der Waals surface area contributed by atoms with Crippen LogP contribution in [-0.4, -0.2) is 16.9 Å². The molecule has 0 aliphatic heterocycles. The average Bonchev–Trinajstić information content (AvgIpc) is 2.42. The maximum atomic E-state index is 5.64. The van der Waals surface area contributed by atoms with Gasteiger partial charge in [-0.2, -0.15) is 0 Å². The van der Waals surface area contributed by atoms with Gasteiger partial charge >= 0.3 is 0 Å². The van der Waals surface area contributed by atoms with E-state index in [4.69, 9.17) is 11.6 Å². The number of halogens is 1. The van der Waals surface area contributed by atoms with Crippen molar-refractivity contribution in [3.63, 3.8) is 0 Å². The molecule has 0 aliphatic carbocycles. The third-order valence-corrected chi connectivity index (χ3v) is 3.44. The first-order chi connectivity index (χ1) is 6.63. The quantitative estimate of drug-likeness (QED) is 0.785. The van der Waals surface area contributed by atoms with Crippen molar-refractivity contribution in [3.8, 4) is 0 Å². The van der Waals surface area contributed by atoms with Gasteiger partial charge in [0.05, 0.1) is 5.69 Å². The highest BCUT2D eigenvalue weighted by Crippen LogP contribution is 2.22. The molecule has 1 aromatic rings. The van der Waals surface area contributed by atoms with Crippen LogP contribution in [-0.2, 0) is 0 Å². The molecule has 1 aromatic heterocycles. The highest BCUT2D eigenvalue weighted by molar-refractivity contribution is 7.15. The Bertz CT molecular complexity index is 266. The monoisotopic (exact) mass is 232 g/mol. The molecule has 0 bridgehead atoms. The number of aryl methyl sites for hydroxylation is 2. The molecule has 0 amide bonds. The van der Waals surface area contributed by atoms with Gasteiger partial charge in [0.15, 0.2) is 5.13 Å². The summed E-state index contributed by atoms with van der Waals surface area (Å²) in [5.41, 5.74) is 1.13. The summed E-state index contributed by atoms with van der Waals surface area (Å²) in [7, 11) is 0. The topological polar surface area (TPSA) is 24.9 Å². The predicted molar refractivity (Wildman–Crippen MR) is 64.6 cm³/mol. The summed E-state index contributed by atoms with van der Waals surface area (Å²) in [5, 5.41) is 4.42. The van der Waals surface area contributed by atoms with Gasteiger partial charge in [0, 0.05) is 16.8 Å². The van der Waals surface area contributed by atoms with Crippen LogP contribution >= 0.6 is 22.9 Å². The van der Waals surface area contributed by atoms with Crippen molar-refractivity contribution < 1.29 is 0 Å². The number of nitrogens with zero attached hydrogens (tertiary/aromatic N) is 1. The van der Waals surface area contributed by atoms with Crippen molar-refractivity contribution in [2.24, 2.45) is 0 Å². The minimum absolute atomic E-state index is 0.457. The van der Waals surface area contributed by atoms with E-state index in [1.807, 2.05) is 6.92 Å². The number of anilines is 1. The molecule has 0 spiro atoms. The lowest BCUT2D eigenvalue weighted by Crippen LogP contribution is -2.14. The molecule has 0 radical (unpaired) electrons. The minimum atomic E-state index is 0.457. The second-order valence-corrected chi connectivity index (χ2v) is 5.12. The number of hydrogen-bond donors (Lipinski definition) is 1. The number of alkyl halides is 1. The Labute approximate surface area is 94.7 Å². The molecule has 0 saturated heterocycles. The zero-order valence-electron chi connectivity index (χ0n) is 8.93. The summed E-state index contributed by atoms with van der Waals surface area (Å²) < 4.78 is 0. The fourth-order valence-corrected chi connectivity index (χ4v) is 2.28. The van der Waals surface area contributed by atoms with Gasteiger partial charge in [0.25, 0.3) is 0 Å². The first-order valence-corrected chi connectivity index (χ1v) is 6.25. The van der Waals surface area contributed by atoms with E-state index in [9.17, 15) is 0 Å².